The number of ether oxygens (including phenoxy) is 2. The third-order valence-corrected chi connectivity index (χ3v) is 4.31. The molecule has 1 unspecified atom stereocenters. The molecule has 1 heterocycles. The Bertz CT molecular complexity index is 702. The predicted octanol–water partition coefficient (Wildman–Crippen LogP) is 1.96. The maximum absolute atomic E-state index is 12.4. The molecule has 1 atom stereocenters. The number of phenols is 1. The summed E-state index contributed by atoms with van der Waals surface area (Å²) in [7, 11) is 0. The lowest BCUT2D eigenvalue weighted by molar-refractivity contribution is -0.124. The van der Waals surface area contributed by atoms with Gasteiger partial charge in [-0.05, 0) is 17.7 Å². The number of phenolic OH excluding ortho intramolecular Hbond substituents is 1. The molecule has 0 aromatic heterocycles. The monoisotopic (exact) mass is 356 g/mol. The summed E-state index contributed by atoms with van der Waals surface area (Å²) in [6.07, 6.45) is 0. The van der Waals surface area contributed by atoms with Crippen LogP contribution in [0, 0.1) is 0 Å². The fourth-order valence-corrected chi connectivity index (χ4v) is 2.92. The summed E-state index contributed by atoms with van der Waals surface area (Å²) in [5.74, 6) is 0.0932. The summed E-state index contributed by atoms with van der Waals surface area (Å²) in [5, 5.41) is 12.8. The van der Waals surface area contributed by atoms with Gasteiger partial charge in [-0.15, -0.1) is 0 Å². The number of hydrogen-bond acceptors (Lipinski definition) is 5. The summed E-state index contributed by atoms with van der Waals surface area (Å²) in [4.78, 5) is 14.7. The molecule has 3 rings (SSSR count). The molecular weight excluding hydrogens is 332 g/mol. The Morgan fingerprint density at radius 1 is 1.12 bits per heavy atom. The molecule has 0 radical (unpaired) electrons. The number of benzene rings is 2. The van der Waals surface area contributed by atoms with Crippen LogP contribution in [0.2, 0.25) is 0 Å². The van der Waals surface area contributed by atoms with Gasteiger partial charge in [0, 0.05) is 19.6 Å². The Balaban J connectivity index is 1.61. The van der Waals surface area contributed by atoms with Crippen molar-refractivity contribution in [1.29, 1.82) is 0 Å². The number of morpholine rings is 1. The highest BCUT2D eigenvalue weighted by atomic mass is 16.5. The van der Waals surface area contributed by atoms with E-state index in [0.717, 1.165) is 25.2 Å². The Morgan fingerprint density at radius 2 is 1.81 bits per heavy atom. The largest absolute Gasteiger partial charge is 0.504 e. The average Bonchev–Trinajstić information content (AvgIpc) is 2.68. The molecule has 138 valence electrons. The first-order chi connectivity index (χ1) is 12.7. The molecule has 6 nitrogen and oxygen atoms in total. The molecule has 6 heteroatoms. The molecule has 2 aromatic rings. The van der Waals surface area contributed by atoms with Gasteiger partial charge in [-0.3, -0.25) is 9.69 Å². The SMILES string of the molecule is O=C(COc1ccccc1O)NC(CN1CCOCC1)c1ccccc1. The number of para-hydroxylation sites is 2. The first-order valence-corrected chi connectivity index (χ1v) is 8.77. The van der Waals surface area contributed by atoms with Gasteiger partial charge in [0.05, 0.1) is 19.3 Å². The van der Waals surface area contributed by atoms with Crippen molar-refractivity contribution in [3.63, 3.8) is 0 Å². The molecule has 1 amide bonds. The van der Waals surface area contributed by atoms with Gasteiger partial charge in [0.1, 0.15) is 0 Å². The first kappa shape index (κ1) is 18.2. The topological polar surface area (TPSA) is 71.0 Å². The van der Waals surface area contributed by atoms with Crippen molar-refractivity contribution in [2.45, 2.75) is 6.04 Å². The summed E-state index contributed by atoms with van der Waals surface area (Å²) >= 11 is 0. The van der Waals surface area contributed by atoms with E-state index in [1.54, 1.807) is 18.2 Å². The van der Waals surface area contributed by atoms with E-state index < -0.39 is 0 Å². The van der Waals surface area contributed by atoms with Crippen molar-refractivity contribution in [1.82, 2.24) is 10.2 Å². The summed E-state index contributed by atoms with van der Waals surface area (Å²) in [6, 6.07) is 16.4. The molecule has 0 aliphatic carbocycles. The molecule has 0 bridgehead atoms. The van der Waals surface area contributed by atoms with Crippen LogP contribution in [0.4, 0.5) is 0 Å². The second kappa shape index (κ2) is 9.22. The minimum absolute atomic E-state index is 0.0215. The van der Waals surface area contributed by atoms with E-state index >= 15 is 0 Å². The summed E-state index contributed by atoms with van der Waals surface area (Å²) in [6.45, 7) is 3.71. The number of carbonyl (C=O) groups is 1. The lowest BCUT2D eigenvalue weighted by Crippen LogP contribution is -2.44. The van der Waals surface area contributed by atoms with E-state index in [-0.39, 0.29) is 24.3 Å². The molecule has 2 aromatic carbocycles. The molecule has 1 saturated heterocycles. The molecule has 0 saturated carbocycles. The second-order valence-electron chi connectivity index (χ2n) is 6.20. The molecule has 1 aliphatic heterocycles. The van der Waals surface area contributed by atoms with Crippen LogP contribution in [0.25, 0.3) is 0 Å². The molecule has 1 aliphatic rings. The Morgan fingerprint density at radius 3 is 2.54 bits per heavy atom. The standard InChI is InChI=1S/C20H24N2O4/c23-18-8-4-5-9-19(18)26-15-20(24)21-17(16-6-2-1-3-7-16)14-22-10-12-25-13-11-22/h1-9,17,23H,10-15H2,(H,21,24). The maximum Gasteiger partial charge on any atom is 0.258 e. The minimum atomic E-state index is -0.227. The van der Waals surface area contributed by atoms with E-state index in [1.807, 2.05) is 30.3 Å². The van der Waals surface area contributed by atoms with Crippen molar-refractivity contribution in [3.05, 3.63) is 60.2 Å². The van der Waals surface area contributed by atoms with Gasteiger partial charge >= 0.3 is 0 Å². The van der Waals surface area contributed by atoms with Crippen LogP contribution in [0.5, 0.6) is 11.5 Å². The third-order valence-electron chi connectivity index (χ3n) is 4.31. The highest BCUT2D eigenvalue weighted by Crippen LogP contribution is 2.24. The number of carbonyl (C=O) groups excluding carboxylic acids is 1. The van der Waals surface area contributed by atoms with Crippen molar-refractivity contribution < 1.29 is 19.4 Å². The van der Waals surface area contributed by atoms with Crippen LogP contribution in [-0.4, -0.2) is 55.4 Å². The van der Waals surface area contributed by atoms with Crippen molar-refractivity contribution in [3.8, 4) is 11.5 Å². The second-order valence-corrected chi connectivity index (χ2v) is 6.20. The number of nitrogens with zero attached hydrogens (tertiary/aromatic N) is 1. The van der Waals surface area contributed by atoms with Crippen LogP contribution in [-0.2, 0) is 9.53 Å². The van der Waals surface area contributed by atoms with Gasteiger partial charge in [0.2, 0.25) is 0 Å². The van der Waals surface area contributed by atoms with Crippen molar-refractivity contribution >= 4 is 5.91 Å². The molecule has 26 heavy (non-hydrogen) atoms. The van der Waals surface area contributed by atoms with Gasteiger partial charge in [0.15, 0.2) is 18.1 Å². The van der Waals surface area contributed by atoms with Crippen LogP contribution < -0.4 is 10.1 Å². The molecular formula is C20H24N2O4. The van der Waals surface area contributed by atoms with Crippen LogP contribution in [0.15, 0.2) is 54.6 Å². The Kier molecular flexibility index (Phi) is 6.46. The van der Waals surface area contributed by atoms with Gasteiger partial charge in [0.25, 0.3) is 5.91 Å². The third kappa shape index (κ3) is 5.21. The van der Waals surface area contributed by atoms with E-state index in [1.165, 1.54) is 6.07 Å². The van der Waals surface area contributed by atoms with Crippen molar-refractivity contribution in [2.24, 2.45) is 0 Å². The zero-order valence-corrected chi connectivity index (χ0v) is 14.6. The number of aromatic hydroxyl groups is 1. The smallest absolute Gasteiger partial charge is 0.258 e. The van der Waals surface area contributed by atoms with Crippen LogP contribution in [0.3, 0.4) is 0 Å². The quantitative estimate of drug-likeness (QED) is 0.794. The number of hydrogen-bond donors (Lipinski definition) is 2. The Labute approximate surface area is 153 Å². The summed E-state index contributed by atoms with van der Waals surface area (Å²) < 4.78 is 10.8. The van der Waals surface area contributed by atoms with Crippen molar-refractivity contribution in [2.75, 3.05) is 39.5 Å². The van der Waals surface area contributed by atoms with Gasteiger partial charge in [-0.1, -0.05) is 42.5 Å². The highest BCUT2D eigenvalue weighted by Gasteiger charge is 2.20. The lowest BCUT2D eigenvalue weighted by Gasteiger charge is -2.31. The lowest BCUT2D eigenvalue weighted by atomic mass is 10.1. The van der Waals surface area contributed by atoms with Gasteiger partial charge in [-0.2, -0.15) is 0 Å². The number of rotatable bonds is 7. The minimum Gasteiger partial charge on any atom is -0.504 e. The number of amides is 1. The fourth-order valence-electron chi connectivity index (χ4n) is 2.92. The van der Waals surface area contributed by atoms with Crippen LogP contribution in [0.1, 0.15) is 11.6 Å². The van der Waals surface area contributed by atoms with Gasteiger partial charge < -0.3 is 19.9 Å². The summed E-state index contributed by atoms with van der Waals surface area (Å²) in [5.41, 5.74) is 1.05. The average molecular weight is 356 g/mol. The fraction of sp³-hybridized carbons (Fsp3) is 0.350. The zero-order chi connectivity index (χ0) is 18.2. The van der Waals surface area contributed by atoms with E-state index in [2.05, 4.69) is 10.2 Å². The predicted molar refractivity (Wildman–Crippen MR) is 98.2 cm³/mol. The molecule has 2 N–H and O–H groups in total. The zero-order valence-electron chi connectivity index (χ0n) is 14.6. The van der Waals surface area contributed by atoms with Gasteiger partial charge in [-0.25, -0.2) is 0 Å². The van der Waals surface area contributed by atoms with E-state index in [4.69, 9.17) is 9.47 Å². The maximum atomic E-state index is 12.4. The highest BCUT2D eigenvalue weighted by molar-refractivity contribution is 5.78. The van der Waals surface area contributed by atoms with E-state index in [0.29, 0.717) is 19.0 Å². The molecule has 0 spiro atoms. The molecule has 1 fully saturated rings. The number of nitrogens with one attached hydrogen (secondary N) is 1. The first-order valence-electron chi connectivity index (χ1n) is 8.77. The van der Waals surface area contributed by atoms with E-state index in [9.17, 15) is 9.90 Å². The Hall–Kier alpha value is -2.57. The normalized spacial score (nSPS) is 16.0. The van der Waals surface area contributed by atoms with Crippen LogP contribution >= 0.6 is 0 Å².